The number of nitrogens with two attached hydrogens (primary N) is 1. The first-order valence-corrected chi connectivity index (χ1v) is 6.38. The Hall–Kier alpha value is -2.01. The molecule has 2 aromatic rings. The molecule has 0 saturated carbocycles. The largest absolute Gasteiger partial charge is 0.493 e. The number of benzene rings is 1. The zero-order valence-corrected chi connectivity index (χ0v) is 10.4. The second kappa shape index (κ2) is 5.55. The fourth-order valence-electron chi connectivity index (χ4n) is 1.55. The van der Waals surface area contributed by atoms with E-state index in [2.05, 4.69) is 11.4 Å². The monoisotopic (exact) mass is 263 g/mol. The van der Waals surface area contributed by atoms with Crippen LogP contribution in [-0.2, 0) is 6.42 Å². The average Bonchev–Trinajstić information content (AvgIpc) is 2.81. The van der Waals surface area contributed by atoms with Crippen LogP contribution in [0.4, 0.5) is 5.69 Å². The fraction of sp³-hybridized carbons (Fsp3) is 0.154. The van der Waals surface area contributed by atoms with Crippen LogP contribution >= 0.6 is 11.3 Å². The van der Waals surface area contributed by atoms with Crippen LogP contribution in [0.5, 0.6) is 5.75 Å². The minimum absolute atomic E-state index is 0.0974. The van der Waals surface area contributed by atoms with E-state index in [4.69, 9.17) is 15.6 Å². The number of nitrogen functional groups attached to an aromatic ring is 1. The van der Waals surface area contributed by atoms with Crippen LogP contribution in [0.15, 0.2) is 35.0 Å². The third kappa shape index (κ3) is 3.01. The minimum atomic E-state index is -1.03. The summed E-state index contributed by atoms with van der Waals surface area (Å²) >= 11 is 1.65. The number of aromatic carboxylic acids is 1. The lowest BCUT2D eigenvalue weighted by atomic mass is 10.2. The van der Waals surface area contributed by atoms with Crippen LogP contribution in [0.25, 0.3) is 0 Å². The normalized spacial score (nSPS) is 10.2. The van der Waals surface area contributed by atoms with Gasteiger partial charge in [-0.15, -0.1) is 0 Å². The Morgan fingerprint density at radius 1 is 1.39 bits per heavy atom. The summed E-state index contributed by atoms with van der Waals surface area (Å²) in [6.45, 7) is 0.544. The molecule has 1 heterocycles. The maximum Gasteiger partial charge on any atom is 0.337 e. The van der Waals surface area contributed by atoms with Gasteiger partial charge in [0.15, 0.2) is 0 Å². The van der Waals surface area contributed by atoms with E-state index in [1.807, 2.05) is 5.38 Å². The van der Waals surface area contributed by atoms with Gasteiger partial charge in [-0.2, -0.15) is 11.3 Å². The van der Waals surface area contributed by atoms with Crippen LogP contribution in [0.3, 0.4) is 0 Å². The number of carboxylic acid groups (broad SMARTS) is 1. The number of hydrogen-bond donors (Lipinski definition) is 2. The first-order chi connectivity index (χ1) is 8.66. The topological polar surface area (TPSA) is 72.5 Å². The molecule has 0 radical (unpaired) electrons. The summed E-state index contributed by atoms with van der Waals surface area (Å²) < 4.78 is 5.53. The predicted molar refractivity (Wildman–Crippen MR) is 71.3 cm³/mol. The summed E-state index contributed by atoms with van der Waals surface area (Å²) in [6, 6.07) is 6.66. The highest BCUT2D eigenvalue weighted by atomic mass is 32.1. The lowest BCUT2D eigenvalue weighted by Crippen LogP contribution is -2.04. The molecule has 0 amide bonds. The van der Waals surface area contributed by atoms with Gasteiger partial charge < -0.3 is 15.6 Å². The highest BCUT2D eigenvalue weighted by Gasteiger charge is 2.08. The van der Waals surface area contributed by atoms with Gasteiger partial charge in [-0.3, -0.25) is 0 Å². The van der Waals surface area contributed by atoms with Crippen LogP contribution in [0.2, 0.25) is 0 Å². The molecule has 0 spiro atoms. The molecule has 4 nitrogen and oxygen atoms in total. The molecule has 0 saturated heterocycles. The van der Waals surface area contributed by atoms with Gasteiger partial charge in [-0.05, 0) is 34.5 Å². The summed E-state index contributed by atoms with van der Waals surface area (Å²) in [5, 5.41) is 12.9. The molecule has 2 rings (SSSR count). The quantitative estimate of drug-likeness (QED) is 0.813. The SMILES string of the molecule is Nc1cc(OCCc2ccsc2)ccc1C(=O)O. The Labute approximate surface area is 109 Å². The molecule has 5 heteroatoms. The molecule has 0 aliphatic rings. The van der Waals surface area contributed by atoms with E-state index < -0.39 is 5.97 Å². The maximum absolute atomic E-state index is 10.8. The number of anilines is 1. The Balaban J connectivity index is 1.94. The summed E-state index contributed by atoms with van der Waals surface area (Å²) in [4.78, 5) is 10.8. The summed E-state index contributed by atoms with van der Waals surface area (Å²) in [6.07, 6.45) is 0.823. The van der Waals surface area contributed by atoms with Crippen molar-refractivity contribution in [3.8, 4) is 5.75 Å². The fourth-order valence-corrected chi connectivity index (χ4v) is 2.25. The molecule has 94 valence electrons. The van der Waals surface area contributed by atoms with Gasteiger partial charge in [0, 0.05) is 18.2 Å². The summed E-state index contributed by atoms with van der Waals surface area (Å²) in [5.41, 5.74) is 7.18. The van der Waals surface area contributed by atoms with E-state index in [1.54, 1.807) is 17.4 Å². The number of ether oxygens (including phenoxy) is 1. The average molecular weight is 263 g/mol. The van der Waals surface area contributed by atoms with E-state index >= 15 is 0 Å². The first-order valence-electron chi connectivity index (χ1n) is 5.43. The molecule has 1 aromatic heterocycles. The maximum atomic E-state index is 10.8. The summed E-state index contributed by atoms with van der Waals surface area (Å²) in [7, 11) is 0. The number of hydrogen-bond acceptors (Lipinski definition) is 4. The number of carboxylic acids is 1. The molecule has 0 aliphatic heterocycles. The van der Waals surface area contributed by atoms with Crippen molar-refractivity contribution in [1.82, 2.24) is 0 Å². The molecule has 1 aromatic carbocycles. The van der Waals surface area contributed by atoms with Crippen molar-refractivity contribution in [2.75, 3.05) is 12.3 Å². The van der Waals surface area contributed by atoms with Crippen molar-refractivity contribution >= 4 is 23.0 Å². The van der Waals surface area contributed by atoms with Crippen LogP contribution < -0.4 is 10.5 Å². The molecular formula is C13H13NO3S. The van der Waals surface area contributed by atoms with Gasteiger partial charge in [0.05, 0.1) is 12.2 Å². The van der Waals surface area contributed by atoms with Gasteiger partial charge >= 0.3 is 5.97 Å². The Bertz CT molecular complexity index is 537. The van der Waals surface area contributed by atoms with Crippen LogP contribution in [0, 0.1) is 0 Å². The zero-order chi connectivity index (χ0) is 13.0. The Morgan fingerprint density at radius 3 is 2.83 bits per heavy atom. The molecule has 0 bridgehead atoms. The van der Waals surface area contributed by atoms with E-state index in [-0.39, 0.29) is 11.3 Å². The lowest BCUT2D eigenvalue weighted by Gasteiger charge is -2.07. The van der Waals surface area contributed by atoms with Gasteiger partial charge in [-0.25, -0.2) is 4.79 Å². The zero-order valence-electron chi connectivity index (χ0n) is 9.63. The van der Waals surface area contributed by atoms with Gasteiger partial charge in [-0.1, -0.05) is 0 Å². The van der Waals surface area contributed by atoms with Crippen molar-refractivity contribution in [3.05, 3.63) is 46.2 Å². The third-order valence-electron chi connectivity index (χ3n) is 2.49. The van der Waals surface area contributed by atoms with Crippen molar-refractivity contribution in [2.45, 2.75) is 6.42 Å². The smallest absolute Gasteiger partial charge is 0.337 e. The second-order valence-electron chi connectivity index (χ2n) is 3.78. The predicted octanol–water partition coefficient (Wildman–Crippen LogP) is 2.65. The second-order valence-corrected chi connectivity index (χ2v) is 4.56. The summed E-state index contributed by atoms with van der Waals surface area (Å²) in [5.74, 6) is -0.440. The molecular weight excluding hydrogens is 250 g/mol. The van der Waals surface area contributed by atoms with E-state index in [0.717, 1.165) is 6.42 Å². The standard InChI is InChI=1S/C13H13NO3S/c14-12-7-10(1-2-11(12)13(15)16)17-5-3-9-4-6-18-8-9/h1-2,4,6-8H,3,5,14H2,(H,15,16). The third-order valence-corrected chi connectivity index (χ3v) is 3.23. The van der Waals surface area contributed by atoms with Crippen LogP contribution in [-0.4, -0.2) is 17.7 Å². The van der Waals surface area contributed by atoms with Gasteiger partial charge in [0.1, 0.15) is 5.75 Å². The van der Waals surface area contributed by atoms with E-state index in [1.165, 1.54) is 17.7 Å². The van der Waals surface area contributed by atoms with Crippen molar-refractivity contribution in [2.24, 2.45) is 0 Å². The lowest BCUT2D eigenvalue weighted by molar-refractivity contribution is 0.0698. The van der Waals surface area contributed by atoms with E-state index in [9.17, 15) is 4.79 Å². The van der Waals surface area contributed by atoms with Crippen molar-refractivity contribution < 1.29 is 14.6 Å². The molecule has 0 atom stereocenters. The molecule has 0 fully saturated rings. The van der Waals surface area contributed by atoms with E-state index in [0.29, 0.717) is 12.4 Å². The van der Waals surface area contributed by atoms with Crippen molar-refractivity contribution in [1.29, 1.82) is 0 Å². The highest BCUT2D eigenvalue weighted by molar-refractivity contribution is 7.07. The molecule has 18 heavy (non-hydrogen) atoms. The first kappa shape index (κ1) is 12.4. The van der Waals surface area contributed by atoms with Crippen molar-refractivity contribution in [3.63, 3.8) is 0 Å². The highest BCUT2D eigenvalue weighted by Crippen LogP contribution is 2.20. The number of carbonyl (C=O) groups is 1. The Kier molecular flexibility index (Phi) is 3.84. The van der Waals surface area contributed by atoms with Gasteiger partial charge in [0.25, 0.3) is 0 Å². The Morgan fingerprint density at radius 2 is 2.22 bits per heavy atom. The molecule has 3 N–H and O–H groups in total. The van der Waals surface area contributed by atoms with Gasteiger partial charge in [0.2, 0.25) is 0 Å². The number of rotatable bonds is 5. The number of thiophene rings is 1. The molecule has 0 aliphatic carbocycles. The molecule has 0 unspecified atom stereocenters. The minimum Gasteiger partial charge on any atom is -0.493 e. The van der Waals surface area contributed by atoms with Crippen LogP contribution in [0.1, 0.15) is 15.9 Å².